The molecule has 1 aromatic carbocycles. The van der Waals surface area contributed by atoms with Crippen molar-refractivity contribution in [2.75, 3.05) is 38.1 Å². The second kappa shape index (κ2) is 6.40. The van der Waals surface area contributed by atoms with Crippen molar-refractivity contribution in [1.29, 1.82) is 0 Å². The first-order valence-electron chi connectivity index (χ1n) is 7.35. The number of nitrogens with two attached hydrogens (primary N) is 1. The lowest BCUT2D eigenvalue weighted by atomic mass is 10.0. The number of hydrogen-bond donors (Lipinski definition) is 1. The molecule has 1 unspecified atom stereocenters. The van der Waals surface area contributed by atoms with Crippen LogP contribution in [0.2, 0.25) is 0 Å². The van der Waals surface area contributed by atoms with Crippen molar-refractivity contribution >= 4 is 5.69 Å². The molecule has 1 atom stereocenters. The Morgan fingerprint density at radius 2 is 2.05 bits per heavy atom. The van der Waals surface area contributed by atoms with Gasteiger partial charge < -0.3 is 15.5 Å². The van der Waals surface area contributed by atoms with Gasteiger partial charge in [0.15, 0.2) is 0 Å². The molecule has 1 fully saturated rings. The minimum atomic E-state index is 0.540. The number of likely N-dealkylation sites (N-methyl/N-ethyl adjacent to an activating group) is 1. The molecule has 0 spiro atoms. The van der Waals surface area contributed by atoms with Gasteiger partial charge in [0.25, 0.3) is 0 Å². The molecule has 0 saturated carbocycles. The Morgan fingerprint density at radius 1 is 1.26 bits per heavy atom. The van der Waals surface area contributed by atoms with Gasteiger partial charge in [-0.05, 0) is 64.0 Å². The summed E-state index contributed by atoms with van der Waals surface area (Å²) in [4.78, 5) is 5.02. The number of hydrogen-bond acceptors (Lipinski definition) is 3. The maximum absolute atomic E-state index is 5.82. The quantitative estimate of drug-likeness (QED) is 0.905. The fourth-order valence-corrected chi connectivity index (χ4v) is 3.05. The minimum absolute atomic E-state index is 0.540. The monoisotopic (exact) mass is 261 g/mol. The predicted molar refractivity (Wildman–Crippen MR) is 82.8 cm³/mol. The molecule has 0 bridgehead atoms. The van der Waals surface area contributed by atoms with E-state index in [2.05, 4.69) is 48.9 Å². The summed E-state index contributed by atoms with van der Waals surface area (Å²) < 4.78 is 0. The van der Waals surface area contributed by atoms with E-state index in [1.165, 1.54) is 29.8 Å². The van der Waals surface area contributed by atoms with Crippen LogP contribution in [0.5, 0.6) is 0 Å². The van der Waals surface area contributed by atoms with E-state index in [1.807, 2.05) is 0 Å². The predicted octanol–water partition coefficient (Wildman–Crippen LogP) is 2.16. The van der Waals surface area contributed by atoms with Crippen LogP contribution >= 0.6 is 0 Å². The zero-order valence-electron chi connectivity index (χ0n) is 12.5. The maximum Gasteiger partial charge on any atom is 0.0429 e. The summed E-state index contributed by atoms with van der Waals surface area (Å²) in [6, 6.07) is 7.17. The highest BCUT2D eigenvalue weighted by molar-refractivity contribution is 5.56. The summed E-state index contributed by atoms with van der Waals surface area (Å²) in [7, 11) is 2.22. The molecule has 2 N–H and O–H groups in total. The molecule has 1 saturated heterocycles. The van der Waals surface area contributed by atoms with Gasteiger partial charge in [0, 0.05) is 24.8 Å². The van der Waals surface area contributed by atoms with Crippen LogP contribution < -0.4 is 10.6 Å². The van der Waals surface area contributed by atoms with Gasteiger partial charge in [-0.1, -0.05) is 12.1 Å². The van der Waals surface area contributed by atoms with Crippen LogP contribution in [0.1, 0.15) is 24.0 Å². The third kappa shape index (κ3) is 3.28. The van der Waals surface area contributed by atoms with Gasteiger partial charge in [-0.15, -0.1) is 0 Å². The first kappa shape index (κ1) is 14.4. The Balaban J connectivity index is 2.30. The molecule has 0 amide bonds. The van der Waals surface area contributed by atoms with Gasteiger partial charge in [-0.2, -0.15) is 0 Å². The summed E-state index contributed by atoms with van der Waals surface area (Å²) >= 11 is 0. The fraction of sp³-hybridized carbons (Fsp3) is 0.625. The Kier molecular flexibility index (Phi) is 4.83. The van der Waals surface area contributed by atoms with Crippen LogP contribution in [0.3, 0.4) is 0 Å². The lowest BCUT2D eigenvalue weighted by Crippen LogP contribution is -2.42. The molecule has 19 heavy (non-hydrogen) atoms. The summed E-state index contributed by atoms with van der Waals surface area (Å²) in [5.74, 6) is 0. The summed E-state index contributed by atoms with van der Waals surface area (Å²) in [5.41, 5.74) is 10.0. The normalized spacial score (nSPS) is 21.5. The first-order chi connectivity index (χ1) is 9.13. The zero-order valence-corrected chi connectivity index (χ0v) is 12.5. The number of benzene rings is 1. The average molecular weight is 261 g/mol. The molecule has 3 nitrogen and oxygen atoms in total. The van der Waals surface area contributed by atoms with E-state index in [4.69, 9.17) is 5.73 Å². The van der Waals surface area contributed by atoms with E-state index in [1.54, 1.807) is 0 Å². The highest BCUT2D eigenvalue weighted by Crippen LogP contribution is 2.27. The Hall–Kier alpha value is -1.06. The standard InChI is InChI=1S/C16H27N3/c1-13-6-4-7-16(14(13)2)19-11-5-10-18(3)12-15(19)8-9-17/h4,6-7,15H,5,8-12,17H2,1-3H3. The van der Waals surface area contributed by atoms with E-state index in [-0.39, 0.29) is 0 Å². The molecular formula is C16H27N3. The van der Waals surface area contributed by atoms with Crippen LogP contribution in [-0.4, -0.2) is 44.2 Å². The largest absolute Gasteiger partial charge is 0.367 e. The molecule has 1 aliphatic heterocycles. The molecule has 106 valence electrons. The van der Waals surface area contributed by atoms with Gasteiger partial charge in [-0.3, -0.25) is 0 Å². The second-order valence-corrected chi connectivity index (χ2v) is 5.76. The van der Waals surface area contributed by atoms with E-state index in [0.717, 1.165) is 26.1 Å². The summed E-state index contributed by atoms with van der Waals surface area (Å²) in [6.07, 6.45) is 2.29. The van der Waals surface area contributed by atoms with Crippen molar-refractivity contribution in [2.45, 2.75) is 32.7 Å². The summed E-state index contributed by atoms with van der Waals surface area (Å²) in [6.45, 7) is 8.63. The van der Waals surface area contributed by atoms with Crippen molar-refractivity contribution in [2.24, 2.45) is 5.73 Å². The second-order valence-electron chi connectivity index (χ2n) is 5.76. The lowest BCUT2D eigenvalue weighted by Gasteiger charge is -2.34. The van der Waals surface area contributed by atoms with Gasteiger partial charge in [0.05, 0.1) is 0 Å². The van der Waals surface area contributed by atoms with Crippen LogP contribution in [0, 0.1) is 13.8 Å². The van der Waals surface area contributed by atoms with Crippen molar-refractivity contribution in [3.8, 4) is 0 Å². The topological polar surface area (TPSA) is 32.5 Å². The van der Waals surface area contributed by atoms with Crippen LogP contribution in [-0.2, 0) is 0 Å². The van der Waals surface area contributed by atoms with Crippen molar-refractivity contribution in [3.63, 3.8) is 0 Å². The van der Waals surface area contributed by atoms with Gasteiger partial charge in [-0.25, -0.2) is 0 Å². The van der Waals surface area contributed by atoms with E-state index >= 15 is 0 Å². The molecule has 1 aliphatic rings. The van der Waals surface area contributed by atoms with Gasteiger partial charge >= 0.3 is 0 Å². The SMILES string of the molecule is Cc1cccc(N2CCCN(C)CC2CCN)c1C. The van der Waals surface area contributed by atoms with Crippen molar-refractivity contribution in [1.82, 2.24) is 4.90 Å². The molecule has 1 heterocycles. The molecule has 2 rings (SSSR count). The Bertz CT molecular complexity index is 416. The average Bonchev–Trinajstić information content (AvgIpc) is 2.55. The third-order valence-corrected chi connectivity index (χ3v) is 4.29. The van der Waals surface area contributed by atoms with E-state index in [9.17, 15) is 0 Å². The smallest absolute Gasteiger partial charge is 0.0429 e. The molecule has 0 aromatic heterocycles. The number of rotatable bonds is 3. The molecule has 0 radical (unpaired) electrons. The van der Waals surface area contributed by atoms with Gasteiger partial charge in [0.1, 0.15) is 0 Å². The lowest BCUT2D eigenvalue weighted by molar-refractivity contribution is 0.326. The highest BCUT2D eigenvalue weighted by Gasteiger charge is 2.24. The van der Waals surface area contributed by atoms with E-state index < -0.39 is 0 Å². The Labute approximate surface area is 117 Å². The molecule has 0 aliphatic carbocycles. The van der Waals surface area contributed by atoms with Crippen LogP contribution in [0.25, 0.3) is 0 Å². The van der Waals surface area contributed by atoms with Crippen molar-refractivity contribution < 1.29 is 0 Å². The van der Waals surface area contributed by atoms with Crippen LogP contribution in [0.15, 0.2) is 18.2 Å². The fourth-order valence-electron chi connectivity index (χ4n) is 3.05. The number of anilines is 1. The highest BCUT2D eigenvalue weighted by atomic mass is 15.2. The van der Waals surface area contributed by atoms with Crippen LogP contribution in [0.4, 0.5) is 5.69 Å². The number of aryl methyl sites for hydroxylation is 1. The van der Waals surface area contributed by atoms with Gasteiger partial charge in [0.2, 0.25) is 0 Å². The molecular weight excluding hydrogens is 234 g/mol. The minimum Gasteiger partial charge on any atom is -0.367 e. The Morgan fingerprint density at radius 3 is 2.79 bits per heavy atom. The molecule has 1 aromatic rings. The summed E-state index contributed by atoms with van der Waals surface area (Å²) in [5, 5.41) is 0. The van der Waals surface area contributed by atoms with Crippen molar-refractivity contribution in [3.05, 3.63) is 29.3 Å². The first-order valence-corrected chi connectivity index (χ1v) is 7.35. The third-order valence-electron chi connectivity index (χ3n) is 4.29. The zero-order chi connectivity index (χ0) is 13.8. The van der Waals surface area contributed by atoms with E-state index in [0.29, 0.717) is 6.04 Å². The maximum atomic E-state index is 5.82. The number of nitrogens with zero attached hydrogens (tertiary/aromatic N) is 2. The molecule has 3 heteroatoms.